The van der Waals surface area contributed by atoms with E-state index in [-0.39, 0.29) is 11.3 Å². The van der Waals surface area contributed by atoms with Gasteiger partial charge in [-0.05, 0) is 36.8 Å². The van der Waals surface area contributed by atoms with Gasteiger partial charge in [0.15, 0.2) is 0 Å². The molecule has 0 aliphatic carbocycles. The highest BCUT2D eigenvalue weighted by Gasteiger charge is 2.21. The van der Waals surface area contributed by atoms with Crippen LogP contribution >= 0.6 is 0 Å². The van der Waals surface area contributed by atoms with Crippen LogP contribution in [0.2, 0.25) is 0 Å². The largest absolute Gasteiger partial charge is 0.365 e. The highest BCUT2D eigenvalue weighted by atomic mass is 19.1. The molecule has 1 aliphatic rings. The van der Waals surface area contributed by atoms with Gasteiger partial charge in [0.1, 0.15) is 5.69 Å². The molecule has 10 heteroatoms. The van der Waals surface area contributed by atoms with Gasteiger partial charge in [0.2, 0.25) is 5.95 Å². The van der Waals surface area contributed by atoms with Crippen LogP contribution in [-0.2, 0) is 13.1 Å². The quantitative estimate of drug-likeness (QED) is 0.579. The molecule has 0 saturated carbocycles. The topological polar surface area (TPSA) is 117 Å². The first-order valence-electron chi connectivity index (χ1n) is 10.1. The number of halogens is 1. The molecule has 3 N–H and O–H groups in total. The first kappa shape index (κ1) is 20.7. The van der Waals surface area contributed by atoms with Crippen molar-refractivity contribution < 1.29 is 9.18 Å². The fourth-order valence-electron chi connectivity index (χ4n) is 3.89. The maximum absolute atomic E-state index is 14.3. The Morgan fingerprint density at radius 2 is 1.90 bits per heavy atom. The molecule has 1 saturated heterocycles. The van der Waals surface area contributed by atoms with Crippen LogP contribution in [0.4, 0.5) is 10.1 Å². The second-order valence-electron chi connectivity index (χ2n) is 7.49. The van der Waals surface area contributed by atoms with E-state index in [1.807, 2.05) is 17.0 Å². The second-order valence-corrected chi connectivity index (χ2v) is 7.49. The summed E-state index contributed by atoms with van der Waals surface area (Å²) in [4.78, 5) is 46.1. The second kappa shape index (κ2) is 8.31. The van der Waals surface area contributed by atoms with Crippen molar-refractivity contribution in [3.63, 3.8) is 0 Å². The summed E-state index contributed by atoms with van der Waals surface area (Å²) in [5.74, 6) is -1.47. The number of amides is 1. The Bertz CT molecular complexity index is 1260. The third-order valence-corrected chi connectivity index (χ3v) is 5.56. The number of benzene rings is 1. The molecule has 1 amide bonds. The summed E-state index contributed by atoms with van der Waals surface area (Å²) < 4.78 is 15.4. The van der Waals surface area contributed by atoms with Crippen LogP contribution in [0.15, 0.2) is 39.9 Å². The fourth-order valence-corrected chi connectivity index (χ4v) is 3.89. The molecule has 1 aromatic carbocycles. The van der Waals surface area contributed by atoms with E-state index in [0.717, 1.165) is 5.56 Å². The number of nitrogens with one attached hydrogen (secondary N) is 1. The maximum Gasteiger partial charge on any atom is 0.328 e. The average Bonchev–Trinajstić information content (AvgIpc) is 2.74. The predicted molar refractivity (Wildman–Crippen MR) is 115 cm³/mol. The number of anilines is 1. The molecule has 1 aliphatic heterocycles. The van der Waals surface area contributed by atoms with Gasteiger partial charge in [0, 0.05) is 39.3 Å². The maximum atomic E-state index is 14.3. The summed E-state index contributed by atoms with van der Waals surface area (Å²) in [7, 11) is 0. The van der Waals surface area contributed by atoms with E-state index in [2.05, 4.69) is 14.9 Å². The molecule has 162 valence electrons. The van der Waals surface area contributed by atoms with Gasteiger partial charge in [-0.2, -0.15) is 4.39 Å². The number of piperazine rings is 1. The van der Waals surface area contributed by atoms with E-state index in [4.69, 9.17) is 5.73 Å². The number of primary amides is 1. The lowest BCUT2D eigenvalue weighted by atomic mass is 10.1. The minimum atomic E-state index is -0.763. The van der Waals surface area contributed by atoms with Gasteiger partial charge in [-0.1, -0.05) is 6.07 Å². The minimum Gasteiger partial charge on any atom is -0.365 e. The average molecular weight is 426 g/mol. The summed E-state index contributed by atoms with van der Waals surface area (Å²) in [5, 5.41) is 0.484. The third kappa shape index (κ3) is 4.06. The molecule has 0 unspecified atom stereocenters. The SMILES string of the molecule is CCn1c(=O)[nH]c2cc(CN3CCN(c4ccc(C(N)=O)nc4F)CC3)ccc2c1=O. The van der Waals surface area contributed by atoms with Crippen molar-refractivity contribution in [1.82, 2.24) is 19.4 Å². The van der Waals surface area contributed by atoms with E-state index in [1.165, 1.54) is 16.7 Å². The molecule has 1 fully saturated rings. The van der Waals surface area contributed by atoms with Crippen molar-refractivity contribution in [3.8, 4) is 0 Å². The normalized spacial score (nSPS) is 14.8. The number of pyridine rings is 1. The van der Waals surface area contributed by atoms with Crippen molar-refractivity contribution in [2.45, 2.75) is 20.0 Å². The predicted octanol–water partition coefficient (Wildman–Crippen LogP) is 0.665. The number of hydrogen-bond acceptors (Lipinski definition) is 6. The van der Waals surface area contributed by atoms with Gasteiger partial charge in [0.05, 0.1) is 16.6 Å². The Hall–Kier alpha value is -3.53. The number of aromatic amines is 1. The monoisotopic (exact) mass is 426 g/mol. The Balaban J connectivity index is 1.45. The third-order valence-electron chi connectivity index (χ3n) is 5.56. The van der Waals surface area contributed by atoms with Gasteiger partial charge in [-0.15, -0.1) is 0 Å². The van der Waals surface area contributed by atoms with Gasteiger partial charge in [-0.3, -0.25) is 19.1 Å². The summed E-state index contributed by atoms with van der Waals surface area (Å²) >= 11 is 0. The first-order valence-corrected chi connectivity index (χ1v) is 10.1. The molecule has 9 nitrogen and oxygen atoms in total. The van der Waals surface area contributed by atoms with Crippen LogP contribution in [0.5, 0.6) is 0 Å². The van der Waals surface area contributed by atoms with E-state index in [1.54, 1.807) is 13.0 Å². The number of H-pyrrole nitrogens is 1. The number of fused-ring (bicyclic) bond motifs is 1. The van der Waals surface area contributed by atoms with Gasteiger partial charge in [-0.25, -0.2) is 9.78 Å². The van der Waals surface area contributed by atoms with Gasteiger partial charge < -0.3 is 15.6 Å². The van der Waals surface area contributed by atoms with Crippen molar-refractivity contribution in [2.24, 2.45) is 5.73 Å². The molecule has 3 aromatic rings. The van der Waals surface area contributed by atoms with Gasteiger partial charge >= 0.3 is 5.69 Å². The minimum absolute atomic E-state index is 0.0973. The highest BCUT2D eigenvalue weighted by molar-refractivity contribution is 5.90. The molecule has 2 aromatic heterocycles. The van der Waals surface area contributed by atoms with Gasteiger partial charge in [0.25, 0.3) is 11.5 Å². The molecule has 0 radical (unpaired) electrons. The molecular formula is C21H23FN6O3. The standard InChI is InChI=1S/C21H23FN6O3/c1-2-28-20(30)14-4-3-13(11-16(14)25-21(28)31)12-26-7-9-27(10-8-26)17-6-5-15(19(23)29)24-18(17)22/h3-6,11H,2,7-10,12H2,1H3,(H2,23,29)(H,25,31). The molecule has 31 heavy (non-hydrogen) atoms. The van der Waals surface area contributed by atoms with E-state index < -0.39 is 17.5 Å². The van der Waals surface area contributed by atoms with E-state index in [0.29, 0.717) is 55.9 Å². The number of hydrogen-bond donors (Lipinski definition) is 2. The van der Waals surface area contributed by atoms with Crippen LogP contribution in [0.3, 0.4) is 0 Å². The Labute approximate surface area is 176 Å². The molecular weight excluding hydrogens is 403 g/mol. The van der Waals surface area contributed by atoms with Crippen LogP contribution in [-0.4, -0.2) is 51.5 Å². The Morgan fingerprint density at radius 3 is 2.55 bits per heavy atom. The van der Waals surface area contributed by atoms with E-state index >= 15 is 0 Å². The first-order chi connectivity index (χ1) is 14.9. The number of carbonyl (C=O) groups excluding carboxylic acids is 1. The van der Waals surface area contributed by atoms with Crippen LogP contribution in [0.25, 0.3) is 10.9 Å². The van der Waals surface area contributed by atoms with E-state index in [9.17, 15) is 18.8 Å². The number of nitrogens with zero attached hydrogens (tertiary/aromatic N) is 4. The molecule has 0 spiro atoms. The lowest BCUT2D eigenvalue weighted by molar-refractivity contribution is 0.0994. The van der Waals surface area contributed by atoms with Crippen LogP contribution < -0.4 is 21.9 Å². The summed E-state index contributed by atoms with van der Waals surface area (Å²) in [6, 6.07) is 8.42. The summed E-state index contributed by atoms with van der Waals surface area (Å²) in [6.07, 6.45) is 0. The smallest absolute Gasteiger partial charge is 0.328 e. The zero-order chi connectivity index (χ0) is 22.1. The lowest BCUT2D eigenvalue weighted by Crippen LogP contribution is -2.46. The summed E-state index contributed by atoms with van der Waals surface area (Å²) in [6.45, 7) is 5.30. The number of rotatable bonds is 5. The van der Waals surface area contributed by atoms with Crippen LogP contribution in [0, 0.1) is 5.95 Å². The lowest BCUT2D eigenvalue weighted by Gasteiger charge is -2.36. The van der Waals surface area contributed by atoms with Crippen molar-refractivity contribution in [2.75, 3.05) is 31.1 Å². The zero-order valence-corrected chi connectivity index (χ0v) is 17.1. The Morgan fingerprint density at radius 1 is 1.16 bits per heavy atom. The number of aromatic nitrogens is 3. The molecule has 0 bridgehead atoms. The molecule has 0 atom stereocenters. The number of nitrogens with two attached hydrogens (primary N) is 1. The number of carbonyl (C=O) groups is 1. The zero-order valence-electron chi connectivity index (χ0n) is 17.1. The molecule has 3 heterocycles. The van der Waals surface area contributed by atoms with Crippen molar-refractivity contribution in [3.05, 3.63) is 68.4 Å². The van der Waals surface area contributed by atoms with Crippen molar-refractivity contribution in [1.29, 1.82) is 0 Å². The highest BCUT2D eigenvalue weighted by Crippen LogP contribution is 2.21. The molecule has 4 rings (SSSR count). The van der Waals surface area contributed by atoms with Crippen LogP contribution in [0.1, 0.15) is 23.0 Å². The summed E-state index contributed by atoms with van der Waals surface area (Å²) in [5.41, 5.74) is 6.19. The van der Waals surface area contributed by atoms with Crippen molar-refractivity contribution >= 4 is 22.5 Å². The fraction of sp³-hybridized carbons (Fsp3) is 0.333. The Kier molecular flexibility index (Phi) is 5.55.